The Morgan fingerprint density at radius 2 is 2.36 bits per heavy atom. The fraction of sp³-hybridized carbons (Fsp3) is 0.222. The number of hydrogen-bond acceptors (Lipinski definition) is 2. The Bertz CT molecular complexity index is 469. The van der Waals surface area contributed by atoms with E-state index >= 15 is 0 Å². The van der Waals surface area contributed by atoms with Crippen molar-refractivity contribution < 1.29 is 4.74 Å². The van der Waals surface area contributed by atoms with Crippen molar-refractivity contribution in [2.45, 2.75) is 5.88 Å². The van der Waals surface area contributed by atoms with Gasteiger partial charge in [-0.25, -0.2) is 4.98 Å². The number of fused-ring (bicyclic) bond motifs is 1. The van der Waals surface area contributed by atoms with Crippen molar-refractivity contribution in [3.8, 4) is 5.75 Å². The zero-order chi connectivity index (χ0) is 10.1. The predicted molar refractivity (Wildman–Crippen MR) is 59.9 cm³/mol. The Kier molecular flexibility index (Phi) is 2.65. The molecule has 14 heavy (non-hydrogen) atoms. The second kappa shape index (κ2) is 3.79. The average Bonchev–Trinajstić information content (AvgIpc) is 2.60. The van der Waals surface area contributed by atoms with Crippen LogP contribution in [0, 0.1) is 0 Å². The van der Waals surface area contributed by atoms with E-state index in [2.05, 4.69) is 25.9 Å². The van der Waals surface area contributed by atoms with Gasteiger partial charge in [-0.15, -0.1) is 11.6 Å². The highest BCUT2D eigenvalue weighted by atomic mass is 79.9. The largest absolute Gasteiger partial charge is 0.493 e. The fourth-order valence-corrected chi connectivity index (χ4v) is 1.94. The lowest BCUT2D eigenvalue weighted by molar-refractivity contribution is 0.416. The van der Waals surface area contributed by atoms with Gasteiger partial charge in [0.05, 0.1) is 23.0 Å². The number of nitrogens with one attached hydrogen (secondary N) is 1. The molecule has 2 rings (SSSR count). The summed E-state index contributed by atoms with van der Waals surface area (Å²) >= 11 is 9.08. The van der Waals surface area contributed by atoms with Crippen LogP contribution in [-0.2, 0) is 5.88 Å². The van der Waals surface area contributed by atoms with Crippen molar-refractivity contribution in [1.29, 1.82) is 0 Å². The van der Waals surface area contributed by atoms with Crippen LogP contribution in [0.15, 0.2) is 16.6 Å². The summed E-state index contributed by atoms with van der Waals surface area (Å²) in [6.07, 6.45) is 0. The van der Waals surface area contributed by atoms with Crippen LogP contribution in [0.4, 0.5) is 0 Å². The van der Waals surface area contributed by atoms with Crippen LogP contribution in [0.3, 0.4) is 0 Å². The van der Waals surface area contributed by atoms with Crippen LogP contribution in [0.25, 0.3) is 11.0 Å². The van der Waals surface area contributed by atoms with Crippen LogP contribution < -0.4 is 4.74 Å². The first-order valence-corrected chi connectivity index (χ1v) is 5.36. The van der Waals surface area contributed by atoms with E-state index in [1.54, 1.807) is 7.11 Å². The highest BCUT2D eigenvalue weighted by Crippen LogP contribution is 2.32. The van der Waals surface area contributed by atoms with Gasteiger partial charge >= 0.3 is 0 Å². The number of nitrogens with zero attached hydrogens (tertiary/aromatic N) is 1. The molecule has 0 saturated heterocycles. The molecular formula is C9H8BrClN2O. The summed E-state index contributed by atoms with van der Waals surface area (Å²) in [6.45, 7) is 0. The van der Waals surface area contributed by atoms with Crippen molar-refractivity contribution in [3.63, 3.8) is 0 Å². The Morgan fingerprint density at radius 3 is 3.00 bits per heavy atom. The van der Waals surface area contributed by atoms with Gasteiger partial charge in [0.1, 0.15) is 11.3 Å². The number of benzene rings is 1. The molecule has 0 aliphatic heterocycles. The van der Waals surface area contributed by atoms with Crippen LogP contribution in [-0.4, -0.2) is 17.1 Å². The van der Waals surface area contributed by atoms with Gasteiger partial charge in [-0.1, -0.05) is 0 Å². The SMILES string of the molecule is COc1c(Br)ccc2[nH]c(CCl)nc12. The smallest absolute Gasteiger partial charge is 0.160 e. The molecule has 1 aromatic carbocycles. The minimum atomic E-state index is 0.370. The minimum absolute atomic E-state index is 0.370. The number of ether oxygens (including phenoxy) is 1. The Morgan fingerprint density at radius 1 is 1.57 bits per heavy atom. The molecular weight excluding hydrogens is 267 g/mol. The second-order valence-corrected chi connectivity index (χ2v) is 3.92. The molecule has 0 spiro atoms. The Hall–Kier alpha value is -0.740. The molecule has 0 saturated carbocycles. The molecule has 1 aromatic heterocycles. The number of alkyl halides is 1. The molecule has 3 nitrogen and oxygen atoms in total. The maximum Gasteiger partial charge on any atom is 0.160 e. The molecule has 5 heteroatoms. The normalized spacial score (nSPS) is 10.8. The first-order chi connectivity index (χ1) is 6.76. The summed E-state index contributed by atoms with van der Waals surface area (Å²) in [4.78, 5) is 7.42. The second-order valence-electron chi connectivity index (χ2n) is 2.79. The Labute approximate surface area is 94.6 Å². The van der Waals surface area contributed by atoms with Gasteiger partial charge in [-0.3, -0.25) is 0 Å². The minimum Gasteiger partial charge on any atom is -0.493 e. The van der Waals surface area contributed by atoms with E-state index in [4.69, 9.17) is 16.3 Å². The quantitative estimate of drug-likeness (QED) is 0.855. The number of hydrogen-bond donors (Lipinski definition) is 1. The lowest BCUT2D eigenvalue weighted by Crippen LogP contribution is -1.86. The van der Waals surface area contributed by atoms with E-state index in [-0.39, 0.29) is 0 Å². The van der Waals surface area contributed by atoms with Gasteiger partial charge in [0.15, 0.2) is 5.75 Å². The molecule has 0 aliphatic carbocycles. The fourth-order valence-electron chi connectivity index (χ4n) is 1.33. The number of H-pyrrole nitrogens is 1. The van der Waals surface area contributed by atoms with Crippen molar-refractivity contribution in [1.82, 2.24) is 9.97 Å². The van der Waals surface area contributed by atoms with Crippen LogP contribution in [0.5, 0.6) is 5.75 Å². The lowest BCUT2D eigenvalue weighted by atomic mass is 10.3. The monoisotopic (exact) mass is 274 g/mol. The number of imidazole rings is 1. The number of aromatic amines is 1. The van der Waals surface area contributed by atoms with Crippen molar-refractivity contribution in [2.24, 2.45) is 0 Å². The number of aromatic nitrogens is 2. The third-order valence-electron chi connectivity index (χ3n) is 1.94. The van der Waals surface area contributed by atoms with Crippen molar-refractivity contribution >= 4 is 38.6 Å². The van der Waals surface area contributed by atoms with Gasteiger partial charge < -0.3 is 9.72 Å². The van der Waals surface area contributed by atoms with E-state index in [1.165, 1.54) is 0 Å². The summed E-state index contributed by atoms with van der Waals surface area (Å²) in [6, 6.07) is 3.85. The molecule has 2 aromatic rings. The third kappa shape index (κ3) is 1.48. The highest BCUT2D eigenvalue weighted by Gasteiger charge is 2.10. The molecule has 1 heterocycles. The zero-order valence-electron chi connectivity index (χ0n) is 7.47. The van der Waals surface area contributed by atoms with E-state index in [0.29, 0.717) is 5.88 Å². The molecule has 74 valence electrons. The molecule has 0 unspecified atom stereocenters. The third-order valence-corrected chi connectivity index (χ3v) is 2.82. The van der Waals surface area contributed by atoms with Gasteiger partial charge in [0.2, 0.25) is 0 Å². The number of rotatable bonds is 2. The molecule has 0 aliphatic rings. The summed E-state index contributed by atoms with van der Waals surface area (Å²) < 4.78 is 6.13. The molecule has 0 atom stereocenters. The summed E-state index contributed by atoms with van der Waals surface area (Å²) in [5.74, 6) is 1.85. The first-order valence-electron chi connectivity index (χ1n) is 4.03. The van der Waals surface area contributed by atoms with Gasteiger partial charge in [0.25, 0.3) is 0 Å². The van der Waals surface area contributed by atoms with Crippen LogP contribution in [0.2, 0.25) is 0 Å². The van der Waals surface area contributed by atoms with Crippen molar-refractivity contribution in [3.05, 3.63) is 22.4 Å². The van der Waals surface area contributed by atoms with E-state index in [0.717, 1.165) is 27.1 Å². The van der Waals surface area contributed by atoms with Gasteiger partial charge in [0, 0.05) is 0 Å². The predicted octanol–water partition coefficient (Wildman–Crippen LogP) is 3.07. The highest BCUT2D eigenvalue weighted by molar-refractivity contribution is 9.10. The maximum absolute atomic E-state index is 5.69. The van der Waals surface area contributed by atoms with E-state index in [9.17, 15) is 0 Å². The van der Waals surface area contributed by atoms with E-state index in [1.807, 2.05) is 12.1 Å². The summed E-state index contributed by atoms with van der Waals surface area (Å²) in [5.41, 5.74) is 1.73. The topological polar surface area (TPSA) is 37.9 Å². The molecule has 0 amide bonds. The van der Waals surface area contributed by atoms with E-state index < -0.39 is 0 Å². The maximum atomic E-state index is 5.69. The Balaban J connectivity index is 2.73. The lowest BCUT2D eigenvalue weighted by Gasteiger charge is -2.02. The van der Waals surface area contributed by atoms with Crippen molar-refractivity contribution in [2.75, 3.05) is 7.11 Å². The molecule has 1 N–H and O–H groups in total. The molecule has 0 fully saturated rings. The molecule has 0 bridgehead atoms. The number of halogens is 2. The van der Waals surface area contributed by atoms with Gasteiger partial charge in [-0.2, -0.15) is 0 Å². The van der Waals surface area contributed by atoms with Crippen LogP contribution >= 0.6 is 27.5 Å². The molecule has 0 radical (unpaired) electrons. The number of methoxy groups -OCH3 is 1. The summed E-state index contributed by atoms with van der Waals surface area (Å²) in [5, 5.41) is 0. The first kappa shape index (κ1) is 9.80. The summed E-state index contributed by atoms with van der Waals surface area (Å²) in [7, 11) is 1.62. The standard InChI is InChI=1S/C9H8BrClN2O/c1-14-9-5(10)2-3-6-8(9)13-7(4-11)12-6/h2-3H,4H2,1H3,(H,12,13). The average molecular weight is 276 g/mol. The zero-order valence-corrected chi connectivity index (χ0v) is 9.82. The van der Waals surface area contributed by atoms with Gasteiger partial charge in [-0.05, 0) is 28.1 Å². The van der Waals surface area contributed by atoms with Crippen LogP contribution in [0.1, 0.15) is 5.82 Å².